The smallest absolute Gasteiger partial charge is 0.328 e. The quantitative estimate of drug-likeness (QED) is 0.823. The normalized spacial score (nSPS) is 11.4. The molecule has 1 aromatic carbocycles. The summed E-state index contributed by atoms with van der Waals surface area (Å²) in [4.78, 5) is 14.2. The molecule has 2 N–H and O–H groups in total. The van der Waals surface area contributed by atoms with Gasteiger partial charge in [-0.05, 0) is 35.9 Å². The van der Waals surface area contributed by atoms with Gasteiger partial charge in [-0.15, -0.1) is 0 Å². The second-order valence-corrected chi connectivity index (χ2v) is 5.77. The van der Waals surface area contributed by atoms with E-state index in [2.05, 4.69) is 9.71 Å². The van der Waals surface area contributed by atoms with Crippen LogP contribution >= 0.6 is 0 Å². The number of hydrogen-bond donors (Lipinski definition) is 2. The first-order valence-electron chi connectivity index (χ1n) is 5.91. The predicted octanol–water partition coefficient (Wildman–Crippen LogP) is 1.98. The molecule has 0 radical (unpaired) electrons. The van der Waals surface area contributed by atoms with Gasteiger partial charge < -0.3 is 5.11 Å². The van der Waals surface area contributed by atoms with Crippen LogP contribution in [0.1, 0.15) is 5.56 Å². The number of nitrogens with one attached hydrogen (secondary N) is 1. The Bertz CT molecular complexity index is 753. The van der Waals surface area contributed by atoms with Gasteiger partial charge in [0.2, 0.25) is 0 Å². The van der Waals surface area contributed by atoms with Crippen molar-refractivity contribution in [3.05, 3.63) is 60.4 Å². The molecule has 0 aliphatic carbocycles. The number of carboxylic acid groups (broad SMARTS) is 1. The third-order valence-corrected chi connectivity index (χ3v) is 3.89. The number of pyridine rings is 1. The number of aliphatic carboxylic acids is 1. The molecule has 21 heavy (non-hydrogen) atoms. The largest absolute Gasteiger partial charge is 0.478 e. The Hall–Kier alpha value is -2.67. The van der Waals surface area contributed by atoms with Crippen LogP contribution in [0.3, 0.4) is 0 Å². The Balaban J connectivity index is 2.15. The van der Waals surface area contributed by atoms with Crippen LogP contribution in [0.4, 0.5) is 5.69 Å². The molecule has 0 saturated heterocycles. The molecule has 0 bridgehead atoms. The van der Waals surface area contributed by atoms with Gasteiger partial charge in [-0.25, -0.2) is 13.2 Å². The summed E-state index contributed by atoms with van der Waals surface area (Å²) in [5.41, 5.74) is 1.04. The molecule has 0 spiro atoms. The zero-order valence-corrected chi connectivity index (χ0v) is 11.6. The lowest BCUT2D eigenvalue weighted by Crippen LogP contribution is -2.12. The predicted molar refractivity (Wildman–Crippen MR) is 78.2 cm³/mol. The van der Waals surface area contributed by atoms with Crippen LogP contribution in [0.25, 0.3) is 6.08 Å². The number of anilines is 1. The van der Waals surface area contributed by atoms with Crippen molar-refractivity contribution in [3.63, 3.8) is 0 Å². The molecule has 0 saturated carbocycles. The molecule has 108 valence electrons. The standard InChI is InChI=1S/C14H12N2O4S/c17-14(18)8-5-11-3-6-12(7-4-11)16-21(19,20)13-2-1-9-15-10-13/h1-10,16H,(H,17,18)/b8-5+. The second kappa shape index (κ2) is 6.19. The van der Waals surface area contributed by atoms with Crippen LogP contribution in [0.5, 0.6) is 0 Å². The van der Waals surface area contributed by atoms with Crippen molar-refractivity contribution in [1.29, 1.82) is 0 Å². The van der Waals surface area contributed by atoms with E-state index in [-0.39, 0.29) is 4.90 Å². The van der Waals surface area contributed by atoms with Gasteiger partial charge in [0.05, 0.1) is 0 Å². The highest BCUT2D eigenvalue weighted by Crippen LogP contribution is 2.16. The van der Waals surface area contributed by atoms with Gasteiger partial charge in [0, 0.05) is 24.2 Å². The summed E-state index contributed by atoms with van der Waals surface area (Å²) in [6.07, 6.45) is 5.17. The number of nitrogens with zero attached hydrogens (tertiary/aromatic N) is 1. The fourth-order valence-electron chi connectivity index (χ4n) is 1.55. The first-order chi connectivity index (χ1) is 9.97. The van der Waals surface area contributed by atoms with Gasteiger partial charge >= 0.3 is 5.97 Å². The maximum Gasteiger partial charge on any atom is 0.328 e. The van der Waals surface area contributed by atoms with Crippen molar-refractivity contribution in [2.24, 2.45) is 0 Å². The summed E-state index contributed by atoms with van der Waals surface area (Å²) in [6.45, 7) is 0. The summed E-state index contributed by atoms with van der Waals surface area (Å²) in [5, 5.41) is 8.52. The minimum absolute atomic E-state index is 0.0693. The highest BCUT2D eigenvalue weighted by Gasteiger charge is 2.13. The van der Waals surface area contributed by atoms with E-state index in [9.17, 15) is 13.2 Å². The lowest BCUT2D eigenvalue weighted by atomic mass is 10.2. The Labute approximate surface area is 121 Å². The highest BCUT2D eigenvalue weighted by molar-refractivity contribution is 7.92. The summed E-state index contributed by atoms with van der Waals surface area (Å²) in [6, 6.07) is 9.31. The summed E-state index contributed by atoms with van der Waals surface area (Å²) in [7, 11) is -3.68. The zero-order chi connectivity index (χ0) is 15.3. The first kappa shape index (κ1) is 14.7. The molecule has 1 aromatic heterocycles. The van der Waals surface area contributed by atoms with Crippen molar-refractivity contribution in [3.8, 4) is 0 Å². The van der Waals surface area contributed by atoms with Gasteiger partial charge in [0.25, 0.3) is 10.0 Å². The van der Waals surface area contributed by atoms with Crippen molar-refractivity contribution < 1.29 is 18.3 Å². The lowest BCUT2D eigenvalue weighted by Gasteiger charge is -2.07. The van der Waals surface area contributed by atoms with E-state index in [4.69, 9.17) is 5.11 Å². The fourth-order valence-corrected chi connectivity index (χ4v) is 2.57. The van der Waals surface area contributed by atoms with Crippen molar-refractivity contribution >= 4 is 27.8 Å². The lowest BCUT2D eigenvalue weighted by molar-refractivity contribution is -0.131. The van der Waals surface area contributed by atoms with E-state index >= 15 is 0 Å². The number of aromatic nitrogens is 1. The highest BCUT2D eigenvalue weighted by atomic mass is 32.2. The molecule has 2 aromatic rings. The van der Waals surface area contributed by atoms with Gasteiger partial charge in [-0.2, -0.15) is 0 Å². The minimum Gasteiger partial charge on any atom is -0.478 e. The van der Waals surface area contributed by atoms with E-state index in [0.29, 0.717) is 11.3 Å². The van der Waals surface area contributed by atoms with E-state index < -0.39 is 16.0 Å². The van der Waals surface area contributed by atoms with Crippen molar-refractivity contribution in [2.45, 2.75) is 4.90 Å². The van der Waals surface area contributed by atoms with Crippen LogP contribution in [0, 0.1) is 0 Å². The number of carbonyl (C=O) groups is 1. The van der Waals surface area contributed by atoms with Crippen LogP contribution in [0.15, 0.2) is 59.8 Å². The molecule has 6 nitrogen and oxygen atoms in total. The summed E-state index contributed by atoms with van der Waals surface area (Å²) >= 11 is 0. The molecular weight excluding hydrogens is 292 g/mol. The van der Waals surface area contributed by atoms with Crippen molar-refractivity contribution in [1.82, 2.24) is 4.98 Å². The van der Waals surface area contributed by atoms with Crippen LogP contribution in [-0.4, -0.2) is 24.5 Å². The molecular formula is C14H12N2O4S. The topological polar surface area (TPSA) is 96.4 Å². The average molecular weight is 304 g/mol. The molecule has 1 heterocycles. The van der Waals surface area contributed by atoms with Gasteiger partial charge in [-0.1, -0.05) is 12.1 Å². The fraction of sp³-hybridized carbons (Fsp3) is 0. The first-order valence-corrected chi connectivity index (χ1v) is 7.39. The van der Waals surface area contributed by atoms with E-state index in [0.717, 1.165) is 6.08 Å². The van der Waals surface area contributed by atoms with Gasteiger partial charge in [-0.3, -0.25) is 9.71 Å². The summed E-state index contributed by atoms with van der Waals surface area (Å²) in [5.74, 6) is -1.05. The Morgan fingerprint density at radius 3 is 2.48 bits per heavy atom. The monoisotopic (exact) mass is 304 g/mol. The van der Waals surface area contributed by atoms with E-state index in [1.54, 1.807) is 24.3 Å². The molecule has 0 aliphatic rings. The van der Waals surface area contributed by atoms with Crippen LogP contribution in [0.2, 0.25) is 0 Å². The number of sulfonamides is 1. The molecule has 0 unspecified atom stereocenters. The maximum absolute atomic E-state index is 12.1. The minimum atomic E-state index is -3.68. The second-order valence-electron chi connectivity index (χ2n) is 4.09. The van der Waals surface area contributed by atoms with E-state index in [1.165, 1.54) is 30.6 Å². The molecule has 0 atom stereocenters. The SMILES string of the molecule is O=C(O)/C=C/c1ccc(NS(=O)(=O)c2cccnc2)cc1. The average Bonchev–Trinajstić information content (AvgIpc) is 2.47. The Morgan fingerprint density at radius 1 is 1.19 bits per heavy atom. The number of benzene rings is 1. The number of rotatable bonds is 5. The van der Waals surface area contributed by atoms with Crippen molar-refractivity contribution in [2.75, 3.05) is 4.72 Å². The third-order valence-electron chi connectivity index (χ3n) is 2.53. The number of hydrogen-bond acceptors (Lipinski definition) is 4. The molecule has 2 rings (SSSR count). The van der Waals surface area contributed by atoms with E-state index in [1.807, 2.05) is 0 Å². The third kappa shape index (κ3) is 4.15. The van der Waals surface area contributed by atoms with Crippen LogP contribution < -0.4 is 4.72 Å². The number of carboxylic acids is 1. The maximum atomic E-state index is 12.1. The van der Waals surface area contributed by atoms with Gasteiger partial charge in [0.1, 0.15) is 4.90 Å². The summed E-state index contributed by atoms with van der Waals surface area (Å²) < 4.78 is 26.5. The molecule has 0 aliphatic heterocycles. The van der Waals surface area contributed by atoms with Crippen LogP contribution in [-0.2, 0) is 14.8 Å². The molecule has 0 amide bonds. The Morgan fingerprint density at radius 2 is 1.90 bits per heavy atom. The molecule has 0 fully saturated rings. The Kier molecular flexibility index (Phi) is 4.34. The molecule has 7 heteroatoms. The zero-order valence-electron chi connectivity index (χ0n) is 10.8. The van der Waals surface area contributed by atoms with Gasteiger partial charge in [0.15, 0.2) is 0 Å².